The van der Waals surface area contributed by atoms with Crippen LogP contribution in [0.25, 0.3) is 6.08 Å². The summed E-state index contributed by atoms with van der Waals surface area (Å²) in [7, 11) is 1.65. The van der Waals surface area contributed by atoms with Crippen LogP contribution in [0.1, 0.15) is 41.5 Å². The first-order valence-electron chi connectivity index (χ1n) is 13.2. The number of nitrogens with zero attached hydrogens (tertiary/aromatic N) is 2. The Labute approximate surface area is 225 Å². The molecule has 2 heterocycles. The number of aliphatic hydroxyl groups is 1. The number of benzene rings is 2. The van der Waals surface area contributed by atoms with Crippen molar-refractivity contribution in [2.45, 2.75) is 61.1 Å². The molecule has 2 aliphatic heterocycles. The van der Waals surface area contributed by atoms with Crippen molar-refractivity contribution >= 4 is 12.0 Å². The highest BCUT2D eigenvalue weighted by Gasteiger charge is 2.72. The Hall–Kier alpha value is -3.30. The van der Waals surface area contributed by atoms with Crippen LogP contribution in [0.15, 0.2) is 55.1 Å². The normalized spacial score (nSPS) is 31.1. The van der Waals surface area contributed by atoms with E-state index in [1.165, 1.54) is 24.3 Å². The molecule has 39 heavy (non-hydrogen) atoms. The van der Waals surface area contributed by atoms with Crippen LogP contribution in [0, 0.1) is 0 Å². The van der Waals surface area contributed by atoms with Gasteiger partial charge in [0.05, 0.1) is 16.6 Å². The molecule has 1 spiro atoms. The van der Waals surface area contributed by atoms with Crippen molar-refractivity contribution in [1.29, 1.82) is 0 Å². The van der Waals surface area contributed by atoms with Crippen molar-refractivity contribution in [2.75, 3.05) is 20.1 Å². The number of hydrogen-bond donors (Lipinski definition) is 2. The number of amides is 1. The Morgan fingerprint density at radius 1 is 1.31 bits per heavy atom. The molecule has 6 nitrogen and oxygen atoms in total. The molecule has 2 aliphatic carbocycles. The molecule has 2 aromatic rings. The van der Waals surface area contributed by atoms with Crippen molar-refractivity contribution in [1.82, 2.24) is 9.80 Å². The number of aromatic hydroxyl groups is 1. The molecule has 2 N–H and O–H groups in total. The molecule has 1 saturated heterocycles. The van der Waals surface area contributed by atoms with Crippen molar-refractivity contribution in [2.24, 2.45) is 0 Å². The molecule has 0 radical (unpaired) electrons. The molecular weight excluding hydrogens is 509 g/mol. The minimum absolute atomic E-state index is 0.0526. The fourth-order valence-corrected chi connectivity index (χ4v) is 7.59. The number of phenolic OH excluding ortho intramolecular Hbond substituents is 1. The van der Waals surface area contributed by atoms with Gasteiger partial charge < -0.3 is 19.8 Å². The minimum Gasteiger partial charge on any atom is -0.504 e. The third-order valence-corrected chi connectivity index (χ3v) is 9.37. The molecule has 1 saturated carbocycles. The number of hydrogen-bond acceptors (Lipinski definition) is 5. The monoisotopic (exact) mass is 540 g/mol. The van der Waals surface area contributed by atoms with Crippen molar-refractivity contribution in [3.8, 4) is 11.5 Å². The van der Waals surface area contributed by atoms with Gasteiger partial charge in [-0.05, 0) is 61.2 Å². The maximum Gasteiger partial charge on any atom is 0.416 e. The molecule has 9 heteroatoms. The van der Waals surface area contributed by atoms with Gasteiger partial charge >= 0.3 is 6.18 Å². The Morgan fingerprint density at radius 3 is 2.85 bits per heavy atom. The van der Waals surface area contributed by atoms with Crippen molar-refractivity contribution in [3.05, 3.63) is 77.4 Å². The SMILES string of the molecule is C=CCN1CC[C@]23c4c5ccc(O)c4O[C@H]2C[C@H](N(C)C(=O)C=Cc2cccc(C(F)(F)F)c2)C[C@@]3(O)[C@H]1C5. The third-order valence-electron chi connectivity index (χ3n) is 9.37. The summed E-state index contributed by atoms with van der Waals surface area (Å²) >= 11 is 0. The first-order valence-corrected chi connectivity index (χ1v) is 13.2. The quantitative estimate of drug-likeness (QED) is 0.437. The predicted molar refractivity (Wildman–Crippen MR) is 139 cm³/mol. The van der Waals surface area contributed by atoms with Crippen LogP contribution in [0.3, 0.4) is 0 Å². The van der Waals surface area contributed by atoms with Gasteiger partial charge in [0.2, 0.25) is 5.91 Å². The zero-order valence-corrected chi connectivity index (χ0v) is 21.6. The summed E-state index contributed by atoms with van der Waals surface area (Å²) in [4.78, 5) is 17.0. The van der Waals surface area contributed by atoms with Gasteiger partial charge in [-0.1, -0.05) is 24.3 Å². The second kappa shape index (κ2) is 8.86. The fourth-order valence-electron chi connectivity index (χ4n) is 7.59. The molecule has 2 bridgehead atoms. The molecule has 0 aromatic heterocycles. The van der Waals surface area contributed by atoms with Crippen LogP contribution in [0.5, 0.6) is 11.5 Å². The van der Waals surface area contributed by atoms with Gasteiger partial charge in [-0.2, -0.15) is 13.2 Å². The number of halogens is 3. The second-order valence-electron chi connectivity index (χ2n) is 11.2. The number of alkyl halides is 3. The van der Waals surface area contributed by atoms with Gasteiger partial charge in [0.25, 0.3) is 0 Å². The Balaban J connectivity index is 1.31. The number of likely N-dealkylation sites (tertiary alicyclic amines) is 1. The van der Waals surface area contributed by atoms with Gasteiger partial charge in [-0.25, -0.2) is 0 Å². The van der Waals surface area contributed by atoms with E-state index in [1.807, 2.05) is 12.1 Å². The number of rotatable bonds is 5. The average Bonchev–Trinajstić information content (AvgIpc) is 3.23. The lowest BCUT2D eigenvalue weighted by molar-refractivity contribution is -0.196. The number of piperidine rings is 1. The zero-order chi connectivity index (χ0) is 27.7. The summed E-state index contributed by atoms with van der Waals surface area (Å²) in [6.07, 6.45) is 1.60. The van der Waals surface area contributed by atoms with Crippen LogP contribution < -0.4 is 4.74 Å². The van der Waals surface area contributed by atoms with E-state index < -0.39 is 28.9 Å². The lowest BCUT2D eigenvalue weighted by Crippen LogP contribution is -2.77. The average molecular weight is 541 g/mol. The molecule has 4 aliphatic rings. The first-order chi connectivity index (χ1) is 18.5. The van der Waals surface area contributed by atoms with E-state index in [2.05, 4.69) is 11.5 Å². The summed E-state index contributed by atoms with van der Waals surface area (Å²) < 4.78 is 45.7. The second-order valence-corrected chi connectivity index (χ2v) is 11.2. The molecular formula is C30H31F3N2O4. The number of ether oxygens (including phenoxy) is 1. The molecule has 6 rings (SSSR count). The van der Waals surface area contributed by atoms with E-state index in [0.717, 1.165) is 29.8 Å². The smallest absolute Gasteiger partial charge is 0.416 e. The number of likely N-dealkylation sites (N-methyl/N-ethyl adjacent to an activating group) is 1. The fraction of sp³-hybridized carbons (Fsp3) is 0.433. The summed E-state index contributed by atoms with van der Waals surface area (Å²) in [5.74, 6) is 0.113. The summed E-state index contributed by atoms with van der Waals surface area (Å²) in [6.45, 7) is 5.27. The zero-order valence-electron chi connectivity index (χ0n) is 21.6. The lowest BCUT2D eigenvalue weighted by Gasteiger charge is -2.64. The highest BCUT2D eigenvalue weighted by molar-refractivity contribution is 5.92. The number of carbonyl (C=O) groups is 1. The van der Waals surface area contributed by atoms with Crippen LogP contribution in [-0.2, 0) is 22.8 Å². The molecule has 0 unspecified atom stereocenters. The molecule has 2 fully saturated rings. The summed E-state index contributed by atoms with van der Waals surface area (Å²) in [6, 6.07) is 7.78. The third kappa shape index (κ3) is 3.73. The van der Waals surface area contributed by atoms with E-state index >= 15 is 0 Å². The lowest BCUT2D eigenvalue weighted by atomic mass is 9.48. The van der Waals surface area contributed by atoms with E-state index in [0.29, 0.717) is 38.0 Å². The minimum atomic E-state index is -4.47. The van der Waals surface area contributed by atoms with E-state index in [9.17, 15) is 28.2 Å². The Kier molecular flexibility index (Phi) is 5.89. The van der Waals surface area contributed by atoms with Crippen molar-refractivity contribution < 1.29 is 32.9 Å². The molecule has 1 amide bonds. The molecule has 2 aromatic carbocycles. The maximum atomic E-state index is 13.2. The molecule has 206 valence electrons. The summed E-state index contributed by atoms with van der Waals surface area (Å²) in [5.41, 5.74) is -0.439. The van der Waals surface area contributed by atoms with Gasteiger partial charge in [0, 0.05) is 43.7 Å². The van der Waals surface area contributed by atoms with E-state index in [-0.39, 0.29) is 29.3 Å². The van der Waals surface area contributed by atoms with E-state index in [4.69, 9.17) is 4.74 Å². The largest absolute Gasteiger partial charge is 0.504 e. The summed E-state index contributed by atoms with van der Waals surface area (Å²) in [5, 5.41) is 23.3. The standard InChI is InChI=1S/C30H31F3N2O4/c1-3-12-35-13-11-28-24-16-21(34(2)25(37)10-7-18-5-4-6-20(14-18)30(31,32)33)17-29(28,38)23(35)15-19-8-9-22(36)27(39-24)26(19)28/h3-10,14,21,23-24,36,38H,1,11-13,15-17H2,2H3/t21-,23+,24-,28+,29+/m0/s1. The van der Waals surface area contributed by atoms with Crippen LogP contribution in [0.2, 0.25) is 0 Å². The Morgan fingerprint density at radius 2 is 2.10 bits per heavy atom. The number of carbonyl (C=O) groups excluding carboxylic acids is 1. The van der Waals surface area contributed by atoms with Gasteiger partial charge in [-0.15, -0.1) is 6.58 Å². The predicted octanol–water partition coefficient (Wildman–Crippen LogP) is 4.29. The van der Waals surface area contributed by atoms with E-state index in [1.54, 1.807) is 18.0 Å². The molecule has 5 atom stereocenters. The first kappa shape index (κ1) is 26.0. The highest BCUT2D eigenvalue weighted by Crippen LogP contribution is 2.65. The topological polar surface area (TPSA) is 73.2 Å². The van der Waals surface area contributed by atoms with Crippen molar-refractivity contribution in [3.63, 3.8) is 0 Å². The van der Waals surface area contributed by atoms with Crippen LogP contribution in [0.4, 0.5) is 13.2 Å². The maximum absolute atomic E-state index is 13.2. The number of phenols is 1. The Bertz CT molecular complexity index is 1370. The van der Waals surface area contributed by atoms with Gasteiger partial charge in [0.1, 0.15) is 6.10 Å². The highest BCUT2D eigenvalue weighted by atomic mass is 19.4. The van der Waals surface area contributed by atoms with Gasteiger partial charge in [0.15, 0.2) is 11.5 Å². The van der Waals surface area contributed by atoms with Crippen LogP contribution >= 0.6 is 0 Å². The van der Waals surface area contributed by atoms with Gasteiger partial charge in [-0.3, -0.25) is 9.69 Å². The van der Waals surface area contributed by atoms with Crippen LogP contribution in [-0.4, -0.2) is 69.8 Å².